The minimum absolute atomic E-state index is 0.0337. The second-order valence-corrected chi connectivity index (χ2v) is 4.56. The Labute approximate surface area is 106 Å². The van der Waals surface area contributed by atoms with Crippen LogP contribution in [0, 0.1) is 5.92 Å². The summed E-state index contributed by atoms with van der Waals surface area (Å²) in [6.07, 6.45) is 1.37. The normalized spacial score (nSPS) is 12.6. The van der Waals surface area contributed by atoms with Crippen LogP contribution in [-0.4, -0.2) is 35.9 Å². The molecule has 0 spiro atoms. The molecule has 0 bridgehead atoms. The Balaban J connectivity index is 2.16. The third-order valence-electron chi connectivity index (χ3n) is 2.91. The maximum absolute atomic E-state index is 12.2. The highest BCUT2D eigenvalue weighted by molar-refractivity contribution is 5.96. The van der Waals surface area contributed by atoms with E-state index in [-0.39, 0.29) is 11.8 Å². The molecule has 1 amide bonds. The van der Waals surface area contributed by atoms with Gasteiger partial charge in [-0.15, -0.1) is 0 Å². The van der Waals surface area contributed by atoms with E-state index in [4.69, 9.17) is 10.2 Å². The molecule has 0 aliphatic heterocycles. The number of rotatable bonds is 4. The minimum Gasteiger partial charge on any atom is -0.443 e. The molecule has 1 unspecified atom stereocenters. The van der Waals surface area contributed by atoms with Crippen LogP contribution in [0.5, 0.6) is 0 Å². The van der Waals surface area contributed by atoms with E-state index >= 15 is 0 Å². The highest BCUT2D eigenvalue weighted by Crippen LogP contribution is 2.15. The molecule has 1 aromatic carbocycles. The van der Waals surface area contributed by atoms with Crippen molar-refractivity contribution in [3.63, 3.8) is 0 Å². The fourth-order valence-electron chi connectivity index (χ4n) is 1.83. The number of nitrogens with two attached hydrogens (primary N) is 1. The second-order valence-electron chi connectivity index (χ2n) is 4.56. The maximum Gasteiger partial charge on any atom is 0.253 e. The van der Waals surface area contributed by atoms with Gasteiger partial charge in [0.15, 0.2) is 12.0 Å². The van der Waals surface area contributed by atoms with Gasteiger partial charge >= 0.3 is 0 Å². The topological polar surface area (TPSA) is 72.4 Å². The zero-order valence-corrected chi connectivity index (χ0v) is 10.6. The van der Waals surface area contributed by atoms with E-state index in [0.29, 0.717) is 24.2 Å². The predicted molar refractivity (Wildman–Crippen MR) is 69.2 cm³/mol. The summed E-state index contributed by atoms with van der Waals surface area (Å²) in [4.78, 5) is 17.9. The monoisotopic (exact) mass is 247 g/mol. The summed E-state index contributed by atoms with van der Waals surface area (Å²) in [6.45, 7) is 3.23. The Morgan fingerprint density at radius 2 is 2.33 bits per heavy atom. The Morgan fingerprint density at radius 3 is 3.06 bits per heavy atom. The molecule has 1 atom stereocenters. The minimum atomic E-state index is -0.0337. The number of amides is 1. The second kappa shape index (κ2) is 5.18. The number of carbonyl (C=O) groups excluding carboxylic acids is 1. The van der Waals surface area contributed by atoms with E-state index in [1.165, 1.54) is 6.39 Å². The highest BCUT2D eigenvalue weighted by Gasteiger charge is 2.15. The van der Waals surface area contributed by atoms with E-state index < -0.39 is 0 Å². The van der Waals surface area contributed by atoms with Crippen molar-refractivity contribution in [2.45, 2.75) is 6.92 Å². The van der Waals surface area contributed by atoms with Gasteiger partial charge in [-0.3, -0.25) is 4.79 Å². The molecular formula is C13H17N3O2. The van der Waals surface area contributed by atoms with Gasteiger partial charge in [0, 0.05) is 19.2 Å². The zero-order valence-electron chi connectivity index (χ0n) is 10.6. The molecule has 0 aliphatic carbocycles. The van der Waals surface area contributed by atoms with Gasteiger partial charge in [0.2, 0.25) is 0 Å². The van der Waals surface area contributed by atoms with Gasteiger partial charge in [0.05, 0.1) is 0 Å². The van der Waals surface area contributed by atoms with Crippen molar-refractivity contribution in [1.29, 1.82) is 0 Å². The number of nitrogens with zero attached hydrogens (tertiary/aromatic N) is 2. The SMILES string of the molecule is CC(CN)CN(C)C(=O)c1ccc2ncoc2c1. The van der Waals surface area contributed by atoms with Crippen LogP contribution in [0.15, 0.2) is 29.0 Å². The number of fused-ring (bicyclic) bond motifs is 1. The van der Waals surface area contributed by atoms with Crippen LogP contribution < -0.4 is 5.73 Å². The van der Waals surface area contributed by atoms with Gasteiger partial charge < -0.3 is 15.1 Å². The molecule has 0 saturated carbocycles. The summed E-state index contributed by atoms with van der Waals surface area (Å²) in [5.41, 5.74) is 7.54. The molecule has 1 aromatic heterocycles. The van der Waals surface area contributed by atoms with Crippen LogP contribution in [-0.2, 0) is 0 Å². The quantitative estimate of drug-likeness (QED) is 0.888. The van der Waals surface area contributed by atoms with Gasteiger partial charge in [-0.1, -0.05) is 6.92 Å². The van der Waals surface area contributed by atoms with Crippen LogP contribution in [0.2, 0.25) is 0 Å². The third-order valence-corrected chi connectivity index (χ3v) is 2.91. The summed E-state index contributed by atoms with van der Waals surface area (Å²) in [5, 5.41) is 0. The van der Waals surface area contributed by atoms with Crippen molar-refractivity contribution in [2.24, 2.45) is 11.7 Å². The van der Waals surface area contributed by atoms with Crippen molar-refractivity contribution in [3.8, 4) is 0 Å². The largest absolute Gasteiger partial charge is 0.443 e. The molecular weight excluding hydrogens is 230 g/mol. The first-order valence-electron chi connectivity index (χ1n) is 5.90. The maximum atomic E-state index is 12.2. The molecule has 0 radical (unpaired) electrons. The smallest absolute Gasteiger partial charge is 0.253 e. The molecule has 5 heteroatoms. The molecule has 2 aromatic rings. The Morgan fingerprint density at radius 1 is 1.56 bits per heavy atom. The number of benzene rings is 1. The van der Waals surface area contributed by atoms with E-state index in [1.807, 2.05) is 6.92 Å². The summed E-state index contributed by atoms with van der Waals surface area (Å²) in [5.74, 6) is 0.251. The molecule has 0 fully saturated rings. The van der Waals surface area contributed by atoms with E-state index in [2.05, 4.69) is 4.98 Å². The number of carbonyl (C=O) groups is 1. The summed E-state index contributed by atoms with van der Waals surface area (Å²) in [6, 6.07) is 5.26. The first kappa shape index (κ1) is 12.6. The van der Waals surface area contributed by atoms with Gasteiger partial charge in [-0.2, -0.15) is 0 Å². The van der Waals surface area contributed by atoms with Gasteiger partial charge in [-0.05, 0) is 30.7 Å². The van der Waals surface area contributed by atoms with Crippen molar-refractivity contribution >= 4 is 17.0 Å². The number of aromatic nitrogens is 1. The lowest BCUT2D eigenvalue weighted by Crippen LogP contribution is -2.33. The average molecular weight is 247 g/mol. The Hall–Kier alpha value is -1.88. The molecule has 18 heavy (non-hydrogen) atoms. The number of hydrogen-bond acceptors (Lipinski definition) is 4. The lowest BCUT2D eigenvalue weighted by Gasteiger charge is -2.20. The van der Waals surface area contributed by atoms with Crippen molar-refractivity contribution < 1.29 is 9.21 Å². The molecule has 0 aliphatic rings. The van der Waals surface area contributed by atoms with Crippen LogP contribution >= 0.6 is 0 Å². The summed E-state index contributed by atoms with van der Waals surface area (Å²) in [7, 11) is 1.78. The van der Waals surface area contributed by atoms with E-state index in [0.717, 1.165) is 5.52 Å². The predicted octanol–water partition coefficient (Wildman–Crippen LogP) is 1.49. The van der Waals surface area contributed by atoms with Gasteiger partial charge in [-0.25, -0.2) is 4.98 Å². The molecule has 2 N–H and O–H groups in total. The Kier molecular flexibility index (Phi) is 3.62. The van der Waals surface area contributed by atoms with Crippen molar-refractivity contribution in [1.82, 2.24) is 9.88 Å². The van der Waals surface area contributed by atoms with E-state index in [9.17, 15) is 4.79 Å². The highest BCUT2D eigenvalue weighted by atomic mass is 16.3. The fraction of sp³-hybridized carbons (Fsp3) is 0.385. The molecule has 0 saturated heterocycles. The zero-order chi connectivity index (χ0) is 13.1. The first-order valence-corrected chi connectivity index (χ1v) is 5.90. The van der Waals surface area contributed by atoms with Crippen molar-refractivity contribution in [2.75, 3.05) is 20.1 Å². The average Bonchev–Trinajstić information content (AvgIpc) is 2.84. The van der Waals surface area contributed by atoms with Crippen LogP contribution in [0.4, 0.5) is 0 Å². The summed E-state index contributed by atoms with van der Waals surface area (Å²) >= 11 is 0. The first-order chi connectivity index (χ1) is 8.61. The summed E-state index contributed by atoms with van der Waals surface area (Å²) < 4.78 is 5.19. The van der Waals surface area contributed by atoms with Gasteiger partial charge in [0.25, 0.3) is 5.91 Å². The lowest BCUT2D eigenvalue weighted by molar-refractivity contribution is 0.0777. The molecule has 96 valence electrons. The number of oxazole rings is 1. The molecule has 1 heterocycles. The third kappa shape index (κ3) is 2.51. The van der Waals surface area contributed by atoms with Gasteiger partial charge in [0.1, 0.15) is 5.52 Å². The van der Waals surface area contributed by atoms with E-state index in [1.54, 1.807) is 30.1 Å². The van der Waals surface area contributed by atoms with Crippen LogP contribution in [0.3, 0.4) is 0 Å². The molecule has 2 rings (SSSR count). The molecule has 5 nitrogen and oxygen atoms in total. The lowest BCUT2D eigenvalue weighted by atomic mass is 10.1. The Bertz CT molecular complexity index is 550. The van der Waals surface area contributed by atoms with Crippen molar-refractivity contribution in [3.05, 3.63) is 30.2 Å². The van der Waals surface area contributed by atoms with Crippen LogP contribution in [0.25, 0.3) is 11.1 Å². The number of hydrogen-bond donors (Lipinski definition) is 1. The van der Waals surface area contributed by atoms with Crippen LogP contribution in [0.1, 0.15) is 17.3 Å². The fourth-order valence-corrected chi connectivity index (χ4v) is 1.83. The standard InChI is InChI=1S/C13H17N3O2/c1-9(6-14)7-16(2)13(17)10-3-4-11-12(5-10)18-8-15-11/h3-5,8-9H,6-7,14H2,1-2H3.